The van der Waals surface area contributed by atoms with E-state index in [1.165, 1.54) is 94.4 Å². The Hall–Kier alpha value is -5.78. The van der Waals surface area contributed by atoms with Gasteiger partial charge in [0.25, 0.3) is 0 Å². The highest BCUT2D eigenvalue weighted by atomic mass is 16.5. The zero-order chi connectivity index (χ0) is 53.8. The van der Waals surface area contributed by atoms with Gasteiger partial charge in [0.2, 0.25) is 0 Å². The third-order valence-electron chi connectivity index (χ3n) is 16.2. The Morgan fingerprint density at radius 1 is 0.373 bits per heavy atom. The first-order valence-electron chi connectivity index (χ1n) is 28.9. The Bertz CT molecular complexity index is 2800. The van der Waals surface area contributed by atoms with Crippen LogP contribution in [0.5, 0.6) is 0 Å². The van der Waals surface area contributed by atoms with Crippen LogP contribution in [0.15, 0.2) is 127 Å². The third kappa shape index (κ3) is 11.8. The number of hydrogen-bond acceptors (Lipinski definition) is 5. The van der Waals surface area contributed by atoms with Gasteiger partial charge in [0, 0.05) is 42.4 Å². The summed E-state index contributed by atoms with van der Waals surface area (Å²) >= 11 is 0. The lowest BCUT2D eigenvalue weighted by atomic mass is 9.91. The quantitative estimate of drug-likeness (QED) is 0.0897. The fraction of sp³-hybridized carbons (Fsp3) is 0.457. The van der Waals surface area contributed by atoms with Gasteiger partial charge >= 0.3 is 0 Å². The van der Waals surface area contributed by atoms with Crippen molar-refractivity contribution >= 4 is 44.3 Å². The number of rotatable bonds is 16. The molecule has 0 aromatic heterocycles. The van der Waals surface area contributed by atoms with Crippen LogP contribution >= 0.6 is 0 Å². The van der Waals surface area contributed by atoms with Gasteiger partial charge in [-0.1, -0.05) is 232 Å². The van der Waals surface area contributed by atoms with Gasteiger partial charge in [0.15, 0.2) is 0 Å². The first kappa shape index (κ1) is 55.5. The molecule has 398 valence electrons. The summed E-state index contributed by atoms with van der Waals surface area (Å²) in [7, 11) is 0. The van der Waals surface area contributed by atoms with Crippen LogP contribution in [0.3, 0.4) is 0 Å². The molecule has 9 rings (SSSR count). The predicted octanol–water partition coefficient (Wildman–Crippen LogP) is 18.8. The van der Waals surface area contributed by atoms with E-state index in [2.05, 4.69) is 258 Å². The molecule has 0 saturated carbocycles. The van der Waals surface area contributed by atoms with E-state index in [4.69, 9.17) is 4.74 Å². The van der Waals surface area contributed by atoms with E-state index < -0.39 is 0 Å². The van der Waals surface area contributed by atoms with Crippen molar-refractivity contribution in [1.29, 1.82) is 0 Å². The first-order valence-corrected chi connectivity index (χ1v) is 28.9. The minimum atomic E-state index is 0.221. The molecule has 0 N–H and O–H groups in total. The summed E-state index contributed by atoms with van der Waals surface area (Å²) in [5.74, 6) is 3.90. The van der Waals surface area contributed by atoms with Crippen LogP contribution in [0.1, 0.15) is 208 Å². The number of para-hydroxylation sites is 4. The van der Waals surface area contributed by atoms with Crippen molar-refractivity contribution in [3.05, 3.63) is 177 Å². The van der Waals surface area contributed by atoms with E-state index in [1.807, 2.05) is 0 Å². The summed E-state index contributed by atoms with van der Waals surface area (Å²) in [5, 5.41) is 5.11. The van der Waals surface area contributed by atoms with Crippen LogP contribution in [0.2, 0.25) is 0 Å². The molecule has 2 aliphatic heterocycles. The molecule has 5 nitrogen and oxygen atoms in total. The lowest BCUT2D eigenvalue weighted by Crippen LogP contribution is -2.36. The zero-order valence-electron chi connectivity index (χ0n) is 49.0. The van der Waals surface area contributed by atoms with Crippen LogP contribution in [-0.4, -0.2) is 45.6 Å². The highest BCUT2D eigenvalue weighted by molar-refractivity contribution is 6.02. The Morgan fingerprint density at radius 3 is 1.04 bits per heavy atom. The predicted molar refractivity (Wildman–Crippen MR) is 328 cm³/mol. The second kappa shape index (κ2) is 24.0. The molecule has 2 fully saturated rings. The van der Waals surface area contributed by atoms with Crippen LogP contribution in [-0.2, 0) is 11.3 Å². The van der Waals surface area contributed by atoms with Crippen LogP contribution < -0.4 is 19.6 Å². The molecule has 2 saturated heterocycles. The van der Waals surface area contributed by atoms with Gasteiger partial charge in [-0.2, -0.15) is 0 Å². The molecular formula is C70H92N4O. The summed E-state index contributed by atoms with van der Waals surface area (Å²) < 4.78 is 6.84. The summed E-state index contributed by atoms with van der Waals surface area (Å²) in [5.41, 5.74) is 18.8. The number of nitrogens with zero attached hydrogens (tertiary/aromatic N) is 4. The van der Waals surface area contributed by atoms with E-state index in [0.29, 0.717) is 60.6 Å². The van der Waals surface area contributed by atoms with E-state index in [9.17, 15) is 0 Å². The smallest absolute Gasteiger partial charge is 0.0908 e. The van der Waals surface area contributed by atoms with Gasteiger partial charge < -0.3 is 24.3 Å². The molecule has 75 heavy (non-hydrogen) atoms. The van der Waals surface area contributed by atoms with E-state index >= 15 is 0 Å². The minimum Gasteiger partial charge on any atom is -0.375 e. The maximum absolute atomic E-state index is 6.84. The van der Waals surface area contributed by atoms with Crippen LogP contribution in [0.4, 0.5) is 22.7 Å². The molecule has 0 spiro atoms. The Balaban J connectivity index is 0.000000222. The van der Waals surface area contributed by atoms with Crippen molar-refractivity contribution in [2.75, 3.05) is 59.2 Å². The second-order valence-corrected chi connectivity index (χ2v) is 24.3. The van der Waals surface area contributed by atoms with Gasteiger partial charge in [0.05, 0.1) is 32.6 Å². The van der Waals surface area contributed by atoms with E-state index in [-0.39, 0.29) is 6.04 Å². The largest absolute Gasteiger partial charge is 0.375 e. The lowest BCUT2D eigenvalue weighted by Gasteiger charge is -2.33. The molecular weight excluding hydrogens is 913 g/mol. The van der Waals surface area contributed by atoms with E-state index in [0.717, 1.165) is 33.0 Å². The topological polar surface area (TPSA) is 22.2 Å². The monoisotopic (exact) mass is 1000 g/mol. The molecule has 0 aliphatic carbocycles. The fourth-order valence-corrected chi connectivity index (χ4v) is 12.3. The number of benzene rings is 7. The van der Waals surface area contributed by atoms with Crippen molar-refractivity contribution in [3.63, 3.8) is 0 Å². The second-order valence-electron chi connectivity index (χ2n) is 24.3. The van der Waals surface area contributed by atoms with Gasteiger partial charge in [-0.05, 0) is 125 Å². The minimum absolute atomic E-state index is 0.221. The number of anilines is 4. The molecule has 7 aromatic rings. The normalized spacial score (nSPS) is 15.3. The van der Waals surface area contributed by atoms with Gasteiger partial charge in [-0.15, -0.1) is 0 Å². The molecule has 1 unspecified atom stereocenters. The van der Waals surface area contributed by atoms with Gasteiger partial charge in [-0.3, -0.25) is 0 Å². The fourth-order valence-electron chi connectivity index (χ4n) is 12.3. The number of ether oxygens (including phenoxy) is 1. The standard InChI is InChI=1S/C43H52N2O.C27H40N2/c1-28(2)35-19-13-20-36(29(3)4)42(35)44-24-34(45(27-44)43-37(30(5)6)21-14-22-38(43)31(7)8)25-46-26-41-39-17-11-9-15-32(39)23-33-16-10-12-18-40(33)41;1-18(2)22-11-9-12-23(19(3)4)26(22)28-15-16-29(17-28)27-24(20(5)6)13-10-14-25(27)21(7)8/h9-23,28-31,34H,24-27H2,1-8H3;9-14,18-21H,15-17H2,1-8H3. The molecule has 7 aromatic carbocycles. The van der Waals surface area contributed by atoms with Gasteiger partial charge in [-0.25, -0.2) is 0 Å². The molecule has 0 amide bonds. The summed E-state index contributed by atoms with van der Waals surface area (Å²) in [6.07, 6.45) is 0. The maximum Gasteiger partial charge on any atom is 0.0908 e. The van der Waals surface area contributed by atoms with Gasteiger partial charge in [0.1, 0.15) is 0 Å². The molecule has 2 heterocycles. The van der Waals surface area contributed by atoms with Crippen molar-refractivity contribution in [2.45, 2.75) is 171 Å². The van der Waals surface area contributed by atoms with Crippen LogP contribution in [0, 0.1) is 0 Å². The maximum atomic E-state index is 6.84. The Morgan fingerprint density at radius 2 is 0.693 bits per heavy atom. The Kier molecular flexibility index (Phi) is 17.8. The summed E-state index contributed by atoms with van der Waals surface area (Å²) in [4.78, 5) is 10.6. The molecule has 0 radical (unpaired) electrons. The van der Waals surface area contributed by atoms with Crippen LogP contribution in [0.25, 0.3) is 21.5 Å². The lowest BCUT2D eigenvalue weighted by molar-refractivity contribution is 0.112. The molecule has 1 atom stereocenters. The number of fused-ring (bicyclic) bond motifs is 2. The third-order valence-corrected chi connectivity index (χ3v) is 16.2. The summed E-state index contributed by atoms with van der Waals surface area (Å²) in [6.45, 7) is 43.4. The van der Waals surface area contributed by atoms with Crippen molar-refractivity contribution < 1.29 is 4.74 Å². The Labute approximate surface area is 454 Å². The summed E-state index contributed by atoms with van der Waals surface area (Å²) in [6, 6.07) is 47.7. The average molecular weight is 1010 g/mol. The van der Waals surface area contributed by atoms with Crippen molar-refractivity contribution in [3.8, 4) is 0 Å². The molecule has 0 bridgehead atoms. The first-order chi connectivity index (χ1) is 35.9. The highest BCUT2D eigenvalue weighted by Gasteiger charge is 2.37. The SMILES string of the molecule is CC(C)c1cccc(C(C)C)c1N1CC(COCc2c3ccccc3cc3ccccc23)N(c2c(C(C)C)cccc2C(C)C)C1.CC(C)c1cccc(C(C)C)c1N1CCN(c2c(C(C)C)cccc2C(C)C)C1. The molecule has 5 heteroatoms. The van der Waals surface area contributed by atoms with Crippen molar-refractivity contribution in [1.82, 2.24) is 0 Å². The molecule has 2 aliphatic rings. The average Bonchev–Trinajstić information content (AvgIpc) is 4.05. The van der Waals surface area contributed by atoms with Crippen molar-refractivity contribution in [2.24, 2.45) is 0 Å². The highest BCUT2D eigenvalue weighted by Crippen LogP contribution is 2.44. The van der Waals surface area contributed by atoms with E-state index in [1.54, 1.807) is 0 Å². The number of hydrogen-bond donors (Lipinski definition) is 0. The zero-order valence-corrected chi connectivity index (χ0v) is 49.0.